The van der Waals surface area contributed by atoms with Crippen LogP contribution in [0.4, 0.5) is 0 Å². The molecule has 0 fully saturated rings. The predicted molar refractivity (Wildman–Crippen MR) is 53.5 cm³/mol. The standard InChI is InChI=1S/C11H20O2/c1-8(2)5-6-10(12)11(13)7-9(3)4/h8-9H,5-7H2,1-4H3. The van der Waals surface area contributed by atoms with Crippen molar-refractivity contribution in [2.24, 2.45) is 11.8 Å². The van der Waals surface area contributed by atoms with Gasteiger partial charge in [0.1, 0.15) is 0 Å². The van der Waals surface area contributed by atoms with Gasteiger partial charge >= 0.3 is 0 Å². The molecule has 0 saturated carbocycles. The number of ketones is 2. The lowest BCUT2D eigenvalue weighted by molar-refractivity contribution is -0.137. The van der Waals surface area contributed by atoms with E-state index in [0.29, 0.717) is 18.8 Å². The molecule has 0 aliphatic rings. The summed E-state index contributed by atoms with van der Waals surface area (Å²) in [7, 11) is 0. The Morgan fingerprint density at radius 3 is 1.85 bits per heavy atom. The van der Waals surface area contributed by atoms with Crippen LogP contribution in [0.1, 0.15) is 47.0 Å². The first-order valence-electron chi connectivity index (χ1n) is 4.99. The molecule has 0 unspecified atom stereocenters. The summed E-state index contributed by atoms with van der Waals surface area (Å²) in [5.74, 6) is 0.393. The summed E-state index contributed by atoms with van der Waals surface area (Å²) >= 11 is 0. The Morgan fingerprint density at radius 1 is 0.923 bits per heavy atom. The van der Waals surface area contributed by atoms with E-state index in [0.717, 1.165) is 6.42 Å². The molecule has 0 radical (unpaired) electrons. The molecule has 13 heavy (non-hydrogen) atoms. The van der Waals surface area contributed by atoms with E-state index in [1.807, 2.05) is 13.8 Å². The number of hydrogen-bond acceptors (Lipinski definition) is 2. The third kappa shape index (κ3) is 6.50. The van der Waals surface area contributed by atoms with E-state index in [4.69, 9.17) is 0 Å². The number of carbonyl (C=O) groups excluding carboxylic acids is 2. The summed E-state index contributed by atoms with van der Waals surface area (Å²) in [5.41, 5.74) is 0. The second-order valence-electron chi connectivity index (χ2n) is 4.38. The smallest absolute Gasteiger partial charge is 0.198 e. The summed E-state index contributed by atoms with van der Waals surface area (Å²) in [6.07, 6.45) is 1.64. The minimum absolute atomic E-state index is 0.192. The van der Waals surface area contributed by atoms with Gasteiger partial charge in [-0.25, -0.2) is 0 Å². The van der Waals surface area contributed by atoms with E-state index in [2.05, 4.69) is 13.8 Å². The van der Waals surface area contributed by atoms with Crippen LogP contribution in [-0.2, 0) is 9.59 Å². The average Bonchev–Trinajstić information content (AvgIpc) is 1.98. The number of rotatable bonds is 6. The van der Waals surface area contributed by atoms with Crippen LogP contribution in [0.3, 0.4) is 0 Å². The molecule has 0 aromatic rings. The van der Waals surface area contributed by atoms with Gasteiger partial charge in [-0.05, 0) is 18.3 Å². The highest BCUT2D eigenvalue weighted by molar-refractivity contribution is 6.37. The lowest BCUT2D eigenvalue weighted by atomic mass is 9.99. The Labute approximate surface area is 80.7 Å². The van der Waals surface area contributed by atoms with E-state index >= 15 is 0 Å². The first-order valence-corrected chi connectivity index (χ1v) is 4.99. The fourth-order valence-corrected chi connectivity index (χ4v) is 1.04. The van der Waals surface area contributed by atoms with Gasteiger partial charge in [-0.3, -0.25) is 9.59 Å². The van der Waals surface area contributed by atoms with E-state index < -0.39 is 0 Å². The monoisotopic (exact) mass is 184 g/mol. The van der Waals surface area contributed by atoms with Crippen molar-refractivity contribution in [1.29, 1.82) is 0 Å². The first kappa shape index (κ1) is 12.3. The van der Waals surface area contributed by atoms with Crippen LogP contribution in [-0.4, -0.2) is 11.6 Å². The number of Topliss-reactive ketones (excluding diaryl/α,β-unsaturated/α-hetero) is 2. The van der Waals surface area contributed by atoms with Crippen molar-refractivity contribution in [2.45, 2.75) is 47.0 Å². The summed E-state index contributed by atoms with van der Waals surface area (Å²) in [5, 5.41) is 0. The third-order valence-corrected chi connectivity index (χ3v) is 1.85. The Balaban J connectivity index is 3.77. The van der Waals surface area contributed by atoms with Crippen molar-refractivity contribution >= 4 is 11.6 Å². The van der Waals surface area contributed by atoms with Crippen LogP contribution in [0, 0.1) is 11.8 Å². The van der Waals surface area contributed by atoms with Crippen molar-refractivity contribution in [3.8, 4) is 0 Å². The second-order valence-corrected chi connectivity index (χ2v) is 4.38. The Kier molecular flexibility index (Phi) is 5.60. The normalized spacial score (nSPS) is 10.9. The highest BCUT2D eigenvalue weighted by atomic mass is 16.2. The van der Waals surface area contributed by atoms with Crippen molar-refractivity contribution in [3.05, 3.63) is 0 Å². The molecule has 2 nitrogen and oxygen atoms in total. The van der Waals surface area contributed by atoms with Crippen LogP contribution in [0.15, 0.2) is 0 Å². The molecule has 0 saturated heterocycles. The zero-order valence-electron chi connectivity index (χ0n) is 9.09. The lowest BCUT2D eigenvalue weighted by Crippen LogP contribution is -2.16. The van der Waals surface area contributed by atoms with E-state index in [1.165, 1.54) is 0 Å². The minimum Gasteiger partial charge on any atom is -0.291 e. The Morgan fingerprint density at radius 2 is 1.46 bits per heavy atom. The summed E-state index contributed by atoms with van der Waals surface area (Å²) in [6, 6.07) is 0. The summed E-state index contributed by atoms with van der Waals surface area (Å²) in [4.78, 5) is 22.4. The van der Waals surface area contributed by atoms with Gasteiger partial charge in [-0.15, -0.1) is 0 Å². The van der Waals surface area contributed by atoms with Crippen LogP contribution in [0.25, 0.3) is 0 Å². The maximum absolute atomic E-state index is 11.2. The van der Waals surface area contributed by atoms with Gasteiger partial charge in [0, 0.05) is 12.8 Å². The largest absolute Gasteiger partial charge is 0.291 e. The molecule has 0 aromatic heterocycles. The van der Waals surface area contributed by atoms with Crippen molar-refractivity contribution in [3.63, 3.8) is 0 Å². The topological polar surface area (TPSA) is 34.1 Å². The maximum Gasteiger partial charge on any atom is 0.198 e. The second kappa shape index (κ2) is 5.90. The number of hydrogen-bond donors (Lipinski definition) is 0. The molecular weight excluding hydrogens is 164 g/mol. The molecule has 0 aliphatic heterocycles. The zero-order valence-corrected chi connectivity index (χ0v) is 9.09. The molecule has 2 heteroatoms. The Bertz CT molecular complexity index is 181. The molecule has 0 rings (SSSR count). The van der Waals surface area contributed by atoms with Crippen LogP contribution >= 0.6 is 0 Å². The average molecular weight is 184 g/mol. The lowest BCUT2D eigenvalue weighted by Gasteiger charge is -2.04. The van der Waals surface area contributed by atoms with Crippen LogP contribution in [0.5, 0.6) is 0 Å². The predicted octanol–water partition coefficient (Wildman–Crippen LogP) is 2.61. The minimum atomic E-state index is -0.198. The highest BCUT2D eigenvalue weighted by Gasteiger charge is 2.14. The van der Waals surface area contributed by atoms with Gasteiger partial charge in [0.15, 0.2) is 11.6 Å². The number of carbonyl (C=O) groups is 2. The van der Waals surface area contributed by atoms with E-state index in [-0.39, 0.29) is 17.5 Å². The van der Waals surface area contributed by atoms with Crippen molar-refractivity contribution < 1.29 is 9.59 Å². The highest BCUT2D eigenvalue weighted by Crippen LogP contribution is 2.07. The van der Waals surface area contributed by atoms with Gasteiger partial charge in [-0.2, -0.15) is 0 Å². The van der Waals surface area contributed by atoms with Crippen molar-refractivity contribution in [1.82, 2.24) is 0 Å². The maximum atomic E-state index is 11.2. The van der Waals surface area contributed by atoms with Crippen LogP contribution < -0.4 is 0 Å². The van der Waals surface area contributed by atoms with Gasteiger partial charge in [-0.1, -0.05) is 27.7 Å². The summed E-state index contributed by atoms with van der Waals surface area (Å²) in [6.45, 7) is 8.02. The molecule has 0 spiro atoms. The van der Waals surface area contributed by atoms with E-state index in [1.54, 1.807) is 0 Å². The molecule has 0 aromatic carbocycles. The Hall–Kier alpha value is -0.660. The fourth-order valence-electron chi connectivity index (χ4n) is 1.04. The molecule has 0 amide bonds. The molecular formula is C11H20O2. The summed E-state index contributed by atoms with van der Waals surface area (Å²) < 4.78 is 0. The van der Waals surface area contributed by atoms with Gasteiger partial charge in [0.05, 0.1) is 0 Å². The van der Waals surface area contributed by atoms with Gasteiger partial charge in [0.25, 0.3) is 0 Å². The van der Waals surface area contributed by atoms with E-state index in [9.17, 15) is 9.59 Å². The SMILES string of the molecule is CC(C)CCC(=O)C(=O)CC(C)C. The van der Waals surface area contributed by atoms with Crippen LogP contribution in [0.2, 0.25) is 0 Å². The molecule has 0 heterocycles. The van der Waals surface area contributed by atoms with Gasteiger partial charge in [0.2, 0.25) is 0 Å². The molecule has 0 N–H and O–H groups in total. The molecule has 76 valence electrons. The first-order chi connectivity index (χ1) is 5.93. The molecule has 0 bridgehead atoms. The molecule has 0 atom stereocenters. The van der Waals surface area contributed by atoms with Crippen molar-refractivity contribution in [2.75, 3.05) is 0 Å². The quantitative estimate of drug-likeness (QED) is 0.595. The zero-order chi connectivity index (χ0) is 10.4. The fraction of sp³-hybridized carbons (Fsp3) is 0.818. The van der Waals surface area contributed by atoms with Gasteiger partial charge < -0.3 is 0 Å². The molecule has 0 aliphatic carbocycles. The third-order valence-electron chi connectivity index (χ3n) is 1.85.